The summed E-state index contributed by atoms with van der Waals surface area (Å²) in [6.07, 6.45) is 3.25. The summed E-state index contributed by atoms with van der Waals surface area (Å²) < 4.78 is 10.1. The van der Waals surface area contributed by atoms with Crippen LogP contribution in [0, 0.1) is 0 Å². The minimum atomic E-state index is -0.601. The quantitative estimate of drug-likeness (QED) is 0.732. The van der Waals surface area contributed by atoms with E-state index in [0.29, 0.717) is 5.75 Å². The maximum atomic E-state index is 11.2. The molecule has 0 bridgehead atoms. The third-order valence-electron chi connectivity index (χ3n) is 2.10. The lowest BCUT2D eigenvalue weighted by molar-refractivity contribution is -0.147. The van der Waals surface area contributed by atoms with Crippen LogP contribution in [0.1, 0.15) is 19.4 Å². The van der Waals surface area contributed by atoms with Gasteiger partial charge in [0.1, 0.15) is 5.75 Å². The molecule has 0 amide bonds. The molecular weight excluding hydrogens is 204 g/mol. The molecule has 0 saturated carbocycles. The highest BCUT2D eigenvalue weighted by atomic mass is 16.6. The summed E-state index contributed by atoms with van der Waals surface area (Å²) in [5.74, 6) is 0.300. The van der Waals surface area contributed by atoms with Crippen LogP contribution in [-0.2, 0) is 9.53 Å². The predicted molar refractivity (Wildman–Crippen MR) is 63.3 cm³/mol. The van der Waals surface area contributed by atoms with Crippen LogP contribution in [0.5, 0.6) is 5.75 Å². The molecule has 0 N–H and O–H groups in total. The lowest BCUT2D eigenvalue weighted by atomic mass is 10.2. The smallest absolute Gasteiger partial charge is 0.346 e. The van der Waals surface area contributed by atoms with Crippen molar-refractivity contribution in [3.8, 4) is 5.75 Å². The molecule has 86 valence electrons. The Kier molecular flexibility index (Phi) is 4.58. The first-order chi connectivity index (χ1) is 7.69. The Labute approximate surface area is 95.7 Å². The number of para-hydroxylation sites is 1. The fourth-order valence-corrected chi connectivity index (χ4v) is 1.31. The molecule has 1 rings (SSSR count). The first-order valence-corrected chi connectivity index (χ1v) is 5.15. The van der Waals surface area contributed by atoms with Crippen molar-refractivity contribution in [3.05, 3.63) is 35.9 Å². The molecule has 3 heteroatoms. The van der Waals surface area contributed by atoms with Crippen molar-refractivity contribution in [2.24, 2.45) is 0 Å². The third-order valence-corrected chi connectivity index (χ3v) is 2.10. The van der Waals surface area contributed by atoms with Crippen LogP contribution < -0.4 is 4.74 Å². The summed E-state index contributed by atoms with van der Waals surface area (Å²) >= 11 is 0. The molecule has 0 aliphatic rings. The van der Waals surface area contributed by atoms with Gasteiger partial charge in [0, 0.05) is 5.56 Å². The molecule has 0 fully saturated rings. The molecule has 0 aromatic heterocycles. The van der Waals surface area contributed by atoms with Crippen molar-refractivity contribution >= 4 is 12.0 Å². The Hall–Kier alpha value is -1.77. The molecule has 16 heavy (non-hydrogen) atoms. The van der Waals surface area contributed by atoms with Gasteiger partial charge in [0.2, 0.25) is 0 Å². The summed E-state index contributed by atoms with van der Waals surface area (Å²) in [6.45, 7) is 3.60. The van der Waals surface area contributed by atoms with E-state index in [1.54, 1.807) is 6.92 Å². The molecule has 1 atom stereocenters. The van der Waals surface area contributed by atoms with E-state index in [1.165, 1.54) is 7.11 Å². The van der Waals surface area contributed by atoms with Gasteiger partial charge in [0.25, 0.3) is 0 Å². The van der Waals surface area contributed by atoms with Crippen molar-refractivity contribution in [2.45, 2.75) is 20.0 Å². The van der Waals surface area contributed by atoms with E-state index in [2.05, 4.69) is 4.74 Å². The number of carbonyl (C=O) groups is 1. The second kappa shape index (κ2) is 5.95. The van der Waals surface area contributed by atoms with Gasteiger partial charge < -0.3 is 9.47 Å². The van der Waals surface area contributed by atoms with Gasteiger partial charge in [-0.15, -0.1) is 0 Å². The number of methoxy groups -OCH3 is 1. The SMILES string of the molecule is C/C=C/c1ccccc1O[C@@H](C)C(=O)OC. The van der Waals surface area contributed by atoms with E-state index in [9.17, 15) is 4.79 Å². The maximum Gasteiger partial charge on any atom is 0.346 e. The molecule has 0 saturated heterocycles. The van der Waals surface area contributed by atoms with Gasteiger partial charge in [0.15, 0.2) is 6.10 Å². The normalized spacial score (nSPS) is 12.4. The van der Waals surface area contributed by atoms with Crippen molar-refractivity contribution in [1.29, 1.82) is 0 Å². The number of carbonyl (C=O) groups excluding carboxylic acids is 1. The highest BCUT2D eigenvalue weighted by Crippen LogP contribution is 2.20. The van der Waals surface area contributed by atoms with E-state index < -0.39 is 6.10 Å². The number of benzene rings is 1. The van der Waals surface area contributed by atoms with Crippen molar-refractivity contribution in [1.82, 2.24) is 0 Å². The fraction of sp³-hybridized carbons (Fsp3) is 0.308. The van der Waals surface area contributed by atoms with Gasteiger partial charge in [-0.3, -0.25) is 0 Å². The monoisotopic (exact) mass is 220 g/mol. The van der Waals surface area contributed by atoms with Crippen molar-refractivity contribution in [3.63, 3.8) is 0 Å². The number of allylic oxidation sites excluding steroid dienone is 1. The van der Waals surface area contributed by atoms with Crippen LogP contribution in [0.25, 0.3) is 6.08 Å². The summed E-state index contributed by atoms with van der Waals surface area (Å²) in [6, 6.07) is 7.55. The summed E-state index contributed by atoms with van der Waals surface area (Å²) in [4.78, 5) is 11.2. The van der Waals surface area contributed by atoms with Crippen LogP contribution in [0.2, 0.25) is 0 Å². The first kappa shape index (κ1) is 12.3. The molecule has 1 aromatic rings. The number of esters is 1. The Morgan fingerprint density at radius 1 is 1.38 bits per heavy atom. The summed E-state index contributed by atoms with van der Waals surface area (Å²) in [7, 11) is 1.35. The van der Waals surface area contributed by atoms with Crippen LogP contribution in [0.15, 0.2) is 30.3 Å². The average molecular weight is 220 g/mol. The third kappa shape index (κ3) is 3.12. The van der Waals surface area contributed by atoms with Gasteiger partial charge in [0.05, 0.1) is 7.11 Å². The number of rotatable bonds is 4. The van der Waals surface area contributed by atoms with Crippen LogP contribution >= 0.6 is 0 Å². The number of hydrogen-bond donors (Lipinski definition) is 0. The second-order valence-electron chi connectivity index (χ2n) is 3.32. The first-order valence-electron chi connectivity index (χ1n) is 5.15. The van der Waals surface area contributed by atoms with Gasteiger partial charge in [-0.1, -0.05) is 30.4 Å². The van der Waals surface area contributed by atoms with E-state index in [1.807, 2.05) is 43.3 Å². The lowest BCUT2D eigenvalue weighted by Gasteiger charge is -2.14. The zero-order chi connectivity index (χ0) is 12.0. The topological polar surface area (TPSA) is 35.5 Å². The molecule has 1 aromatic carbocycles. The minimum absolute atomic E-state index is 0.379. The molecule has 3 nitrogen and oxygen atoms in total. The highest BCUT2D eigenvalue weighted by molar-refractivity contribution is 5.74. The van der Waals surface area contributed by atoms with Gasteiger partial charge in [-0.2, -0.15) is 0 Å². The highest BCUT2D eigenvalue weighted by Gasteiger charge is 2.15. The Balaban J connectivity index is 2.84. The average Bonchev–Trinajstić information content (AvgIpc) is 2.31. The Morgan fingerprint density at radius 3 is 2.69 bits per heavy atom. The molecule has 0 aliphatic carbocycles. The maximum absolute atomic E-state index is 11.2. The predicted octanol–water partition coefficient (Wildman–Crippen LogP) is 2.66. The minimum Gasteiger partial charge on any atom is -0.478 e. The van der Waals surface area contributed by atoms with Gasteiger partial charge in [-0.25, -0.2) is 4.79 Å². The van der Waals surface area contributed by atoms with Crippen LogP contribution in [0.3, 0.4) is 0 Å². The van der Waals surface area contributed by atoms with E-state index in [-0.39, 0.29) is 5.97 Å². The van der Waals surface area contributed by atoms with Gasteiger partial charge >= 0.3 is 5.97 Å². The zero-order valence-electron chi connectivity index (χ0n) is 9.77. The Bertz CT molecular complexity index is 383. The van der Waals surface area contributed by atoms with Crippen molar-refractivity contribution in [2.75, 3.05) is 7.11 Å². The summed E-state index contributed by atoms with van der Waals surface area (Å²) in [5, 5.41) is 0. The van der Waals surface area contributed by atoms with Crippen molar-refractivity contribution < 1.29 is 14.3 Å². The molecule has 0 spiro atoms. The largest absolute Gasteiger partial charge is 0.478 e. The lowest BCUT2D eigenvalue weighted by Crippen LogP contribution is -2.25. The molecule has 0 unspecified atom stereocenters. The van der Waals surface area contributed by atoms with Crippen LogP contribution in [-0.4, -0.2) is 19.2 Å². The molecular formula is C13H16O3. The Morgan fingerprint density at radius 2 is 2.06 bits per heavy atom. The number of hydrogen-bond acceptors (Lipinski definition) is 3. The molecule has 0 heterocycles. The molecule has 0 radical (unpaired) electrons. The standard InChI is InChI=1S/C13H16O3/c1-4-7-11-8-5-6-9-12(11)16-10(2)13(14)15-3/h4-10H,1-3H3/b7-4+/t10-/m0/s1. The summed E-state index contributed by atoms with van der Waals surface area (Å²) in [5.41, 5.74) is 0.945. The van der Waals surface area contributed by atoms with E-state index in [4.69, 9.17) is 4.74 Å². The second-order valence-corrected chi connectivity index (χ2v) is 3.32. The fourth-order valence-electron chi connectivity index (χ4n) is 1.31. The van der Waals surface area contributed by atoms with Gasteiger partial charge in [-0.05, 0) is 19.9 Å². The van der Waals surface area contributed by atoms with E-state index in [0.717, 1.165) is 5.56 Å². The molecule has 0 aliphatic heterocycles. The number of ether oxygens (including phenoxy) is 2. The van der Waals surface area contributed by atoms with Crippen LogP contribution in [0.4, 0.5) is 0 Å². The van der Waals surface area contributed by atoms with E-state index >= 15 is 0 Å². The zero-order valence-corrected chi connectivity index (χ0v) is 9.77.